The van der Waals surface area contributed by atoms with E-state index in [0.717, 1.165) is 16.5 Å². The molecule has 0 bridgehead atoms. The summed E-state index contributed by atoms with van der Waals surface area (Å²) in [6, 6.07) is 7.76. The Morgan fingerprint density at radius 2 is 2.24 bits per heavy atom. The van der Waals surface area contributed by atoms with Gasteiger partial charge in [0.1, 0.15) is 0 Å². The number of rotatable bonds is 4. The summed E-state index contributed by atoms with van der Waals surface area (Å²) in [5.41, 5.74) is 7.20. The molecule has 0 aliphatic heterocycles. The predicted octanol–water partition coefficient (Wildman–Crippen LogP) is 1.25. The number of benzene rings is 1. The van der Waals surface area contributed by atoms with E-state index in [1.165, 1.54) is 0 Å². The molecule has 0 aliphatic carbocycles. The van der Waals surface area contributed by atoms with E-state index < -0.39 is 0 Å². The van der Waals surface area contributed by atoms with Crippen molar-refractivity contribution in [2.45, 2.75) is 20.1 Å². The van der Waals surface area contributed by atoms with Crippen molar-refractivity contribution in [3.8, 4) is 0 Å². The van der Waals surface area contributed by atoms with Crippen LogP contribution in [0.3, 0.4) is 0 Å². The number of aromatic nitrogens is 1. The third-order valence-electron chi connectivity index (χ3n) is 2.97. The molecule has 1 heterocycles. The molecule has 0 radical (unpaired) electrons. The highest BCUT2D eigenvalue weighted by molar-refractivity contribution is 5.81. The van der Waals surface area contributed by atoms with Crippen LogP contribution in [-0.2, 0) is 17.9 Å². The van der Waals surface area contributed by atoms with Gasteiger partial charge in [-0.2, -0.15) is 0 Å². The summed E-state index contributed by atoms with van der Waals surface area (Å²) in [6.45, 7) is 2.44. The van der Waals surface area contributed by atoms with Gasteiger partial charge in [0.05, 0.1) is 12.5 Å². The average Bonchev–Trinajstić information content (AvgIpc) is 2.71. The number of carbonyl (C=O) groups excluding carboxylic acids is 1. The molecule has 1 amide bonds. The van der Waals surface area contributed by atoms with E-state index in [1.807, 2.05) is 42.0 Å². The second-order valence-corrected chi connectivity index (χ2v) is 4.32. The molecule has 3 N–H and O–H groups in total. The molecule has 1 unspecified atom stereocenters. The highest BCUT2D eigenvalue weighted by Crippen LogP contribution is 2.19. The molecule has 0 aliphatic rings. The Kier molecular flexibility index (Phi) is 3.15. The summed E-state index contributed by atoms with van der Waals surface area (Å²) < 4.78 is 2.01. The van der Waals surface area contributed by atoms with Crippen molar-refractivity contribution in [1.82, 2.24) is 4.57 Å². The molecule has 0 spiro atoms. The number of hydrogen-bond acceptors (Lipinski definition) is 2. The summed E-state index contributed by atoms with van der Waals surface area (Å²) in [6.07, 6.45) is 1.94. The zero-order valence-corrected chi connectivity index (χ0v) is 9.76. The number of nitrogens with two attached hydrogens (primary N) is 1. The van der Waals surface area contributed by atoms with Crippen LogP contribution in [-0.4, -0.2) is 15.6 Å². The number of primary amides is 1. The number of fused-ring (bicyclic) bond motifs is 1. The van der Waals surface area contributed by atoms with Crippen molar-refractivity contribution in [2.24, 2.45) is 11.7 Å². The molecule has 0 saturated carbocycles. The molecule has 1 aromatic heterocycles. The number of nitrogens with zero attached hydrogens (tertiary/aromatic N) is 1. The third kappa shape index (κ3) is 2.31. The van der Waals surface area contributed by atoms with Crippen LogP contribution >= 0.6 is 0 Å². The first kappa shape index (κ1) is 11.7. The Morgan fingerprint density at radius 1 is 1.47 bits per heavy atom. The summed E-state index contributed by atoms with van der Waals surface area (Å²) in [5.74, 6) is -0.484. The fourth-order valence-corrected chi connectivity index (χ4v) is 1.89. The van der Waals surface area contributed by atoms with E-state index in [2.05, 4.69) is 0 Å². The van der Waals surface area contributed by atoms with Crippen molar-refractivity contribution in [1.29, 1.82) is 0 Å². The lowest BCUT2D eigenvalue weighted by atomic mass is 10.1. The van der Waals surface area contributed by atoms with Crippen molar-refractivity contribution >= 4 is 16.8 Å². The summed E-state index contributed by atoms with van der Waals surface area (Å²) in [7, 11) is 0. The summed E-state index contributed by atoms with van der Waals surface area (Å²) in [4.78, 5) is 11.0. The first-order valence-electron chi connectivity index (χ1n) is 5.59. The van der Waals surface area contributed by atoms with E-state index in [9.17, 15) is 4.79 Å². The molecular weight excluding hydrogens is 216 g/mol. The van der Waals surface area contributed by atoms with Crippen molar-refractivity contribution < 1.29 is 9.90 Å². The zero-order valence-electron chi connectivity index (χ0n) is 9.76. The van der Waals surface area contributed by atoms with Crippen LogP contribution in [0.15, 0.2) is 30.5 Å². The molecule has 2 rings (SSSR count). The lowest BCUT2D eigenvalue weighted by molar-refractivity contribution is -0.121. The second kappa shape index (κ2) is 4.59. The first-order chi connectivity index (χ1) is 8.11. The number of amides is 1. The van der Waals surface area contributed by atoms with Crippen LogP contribution in [0.2, 0.25) is 0 Å². The Hall–Kier alpha value is -1.81. The van der Waals surface area contributed by atoms with Gasteiger partial charge in [-0.15, -0.1) is 0 Å². The van der Waals surface area contributed by atoms with Gasteiger partial charge in [0.15, 0.2) is 0 Å². The van der Waals surface area contributed by atoms with Crippen LogP contribution in [0.5, 0.6) is 0 Å². The quantitative estimate of drug-likeness (QED) is 0.833. The molecule has 0 fully saturated rings. The maximum absolute atomic E-state index is 11.0. The van der Waals surface area contributed by atoms with Crippen molar-refractivity contribution in [3.63, 3.8) is 0 Å². The molecule has 4 nitrogen and oxygen atoms in total. The van der Waals surface area contributed by atoms with Crippen molar-refractivity contribution in [3.05, 3.63) is 36.0 Å². The molecule has 17 heavy (non-hydrogen) atoms. The van der Waals surface area contributed by atoms with E-state index >= 15 is 0 Å². The van der Waals surface area contributed by atoms with E-state index in [-0.39, 0.29) is 18.4 Å². The van der Waals surface area contributed by atoms with Crippen LogP contribution < -0.4 is 5.73 Å². The Balaban J connectivity index is 2.33. The van der Waals surface area contributed by atoms with Gasteiger partial charge in [0.25, 0.3) is 0 Å². The fraction of sp³-hybridized carbons (Fsp3) is 0.308. The molecule has 1 aromatic carbocycles. The summed E-state index contributed by atoms with van der Waals surface area (Å²) in [5, 5.41) is 10.1. The van der Waals surface area contributed by atoms with E-state index in [4.69, 9.17) is 10.8 Å². The van der Waals surface area contributed by atoms with Crippen LogP contribution in [0.1, 0.15) is 12.5 Å². The minimum atomic E-state index is -0.293. The minimum Gasteiger partial charge on any atom is -0.392 e. The van der Waals surface area contributed by atoms with E-state index in [1.54, 1.807) is 0 Å². The highest BCUT2D eigenvalue weighted by atomic mass is 16.3. The molecule has 0 saturated heterocycles. The van der Waals surface area contributed by atoms with Crippen molar-refractivity contribution in [2.75, 3.05) is 0 Å². The Labute approximate surface area is 99.7 Å². The third-order valence-corrected chi connectivity index (χ3v) is 2.97. The molecule has 90 valence electrons. The summed E-state index contributed by atoms with van der Waals surface area (Å²) >= 11 is 0. The zero-order chi connectivity index (χ0) is 12.4. The topological polar surface area (TPSA) is 68.2 Å². The van der Waals surface area contributed by atoms with Gasteiger partial charge in [-0.05, 0) is 29.1 Å². The lowest BCUT2D eigenvalue weighted by Gasteiger charge is -2.10. The monoisotopic (exact) mass is 232 g/mol. The number of carbonyl (C=O) groups is 1. The van der Waals surface area contributed by atoms with E-state index in [0.29, 0.717) is 6.54 Å². The Bertz CT molecular complexity index is 545. The molecule has 4 heteroatoms. The van der Waals surface area contributed by atoms with Gasteiger partial charge in [-0.3, -0.25) is 4.79 Å². The van der Waals surface area contributed by atoms with Crippen LogP contribution in [0.25, 0.3) is 10.9 Å². The average molecular weight is 232 g/mol. The minimum absolute atomic E-state index is 0.0405. The van der Waals surface area contributed by atoms with Gasteiger partial charge in [0, 0.05) is 18.3 Å². The number of aliphatic hydroxyl groups excluding tert-OH is 1. The fourth-order valence-electron chi connectivity index (χ4n) is 1.89. The predicted molar refractivity (Wildman–Crippen MR) is 66.2 cm³/mol. The maximum Gasteiger partial charge on any atom is 0.222 e. The second-order valence-electron chi connectivity index (χ2n) is 4.32. The van der Waals surface area contributed by atoms with Crippen LogP contribution in [0, 0.1) is 5.92 Å². The molecular formula is C13H16N2O2. The molecule has 1 atom stereocenters. The number of aliphatic hydroxyl groups is 1. The van der Waals surface area contributed by atoms with Gasteiger partial charge < -0.3 is 15.4 Å². The van der Waals surface area contributed by atoms with Crippen LogP contribution in [0.4, 0.5) is 0 Å². The SMILES string of the molecule is CC(Cn1ccc2cc(CO)ccc21)C(N)=O. The normalized spacial score (nSPS) is 12.8. The van der Waals surface area contributed by atoms with Gasteiger partial charge in [-0.25, -0.2) is 0 Å². The van der Waals surface area contributed by atoms with Gasteiger partial charge in [0.2, 0.25) is 5.91 Å². The molecule has 2 aromatic rings. The van der Waals surface area contributed by atoms with Gasteiger partial charge >= 0.3 is 0 Å². The smallest absolute Gasteiger partial charge is 0.222 e. The maximum atomic E-state index is 11.0. The lowest BCUT2D eigenvalue weighted by Crippen LogP contribution is -2.24. The standard InChI is InChI=1S/C13H16N2O2/c1-9(13(14)17)7-15-5-4-11-6-10(8-16)2-3-12(11)15/h2-6,9,16H,7-8H2,1H3,(H2,14,17). The number of hydrogen-bond donors (Lipinski definition) is 2. The Morgan fingerprint density at radius 3 is 2.88 bits per heavy atom. The largest absolute Gasteiger partial charge is 0.392 e. The first-order valence-corrected chi connectivity index (χ1v) is 5.59. The highest BCUT2D eigenvalue weighted by Gasteiger charge is 2.10. The van der Waals surface area contributed by atoms with Gasteiger partial charge in [-0.1, -0.05) is 13.0 Å².